The van der Waals surface area contributed by atoms with Crippen molar-refractivity contribution < 1.29 is 4.92 Å². The van der Waals surface area contributed by atoms with E-state index in [-0.39, 0.29) is 9.92 Å². The van der Waals surface area contributed by atoms with E-state index in [0.29, 0.717) is 0 Å². The summed E-state index contributed by atoms with van der Waals surface area (Å²) in [7, 11) is 0. The Morgan fingerprint density at radius 1 is 1.28 bits per heavy atom. The van der Waals surface area contributed by atoms with Crippen molar-refractivity contribution in [3.8, 4) is 0 Å². The van der Waals surface area contributed by atoms with Gasteiger partial charge >= 0.3 is 5.00 Å². The number of fused-ring (bicyclic) bond motifs is 1. The van der Waals surface area contributed by atoms with Crippen LogP contribution in [0.2, 0.25) is 0 Å². The molecule has 25 heavy (non-hydrogen) atoms. The van der Waals surface area contributed by atoms with Crippen LogP contribution in [0.5, 0.6) is 0 Å². The number of hydrogen-bond acceptors (Lipinski definition) is 7. The van der Waals surface area contributed by atoms with Crippen LogP contribution in [0.4, 0.5) is 5.00 Å². The first-order valence-electron chi connectivity index (χ1n) is 8.53. The highest BCUT2D eigenvalue weighted by atomic mass is 32.1. The SMILES string of the molecule is O=[N+]([O-])c1ccc(CN2CCc3nc(C4=NCCCC4)ncc3C2)s1. The van der Waals surface area contributed by atoms with Crippen LogP contribution in [0.15, 0.2) is 23.3 Å². The molecular formula is C17H19N5O2S. The van der Waals surface area contributed by atoms with Gasteiger partial charge in [-0.15, -0.1) is 0 Å². The zero-order valence-electron chi connectivity index (χ0n) is 13.8. The molecule has 8 heteroatoms. The number of hydrogen-bond donors (Lipinski definition) is 0. The summed E-state index contributed by atoms with van der Waals surface area (Å²) in [5.74, 6) is 0.792. The van der Waals surface area contributed by atoms with E-state index in [1.54, 1.807) is 6.07 Å². The van der Waals surface area contributed by atoms with Crippen LogP contribution in [0, 0.1) is 10.1 Å². The van der Waals surface area contributed by atoms with Gasteiger partial charge in [0.15, 0.2) is 5.82 Å². The molecule has 0 saturated carbocycles. The fourth-order valence-electron chi connectivity index (χ4n) is 3.30. The van der Waals surface area contributed by atoms with Crippen LogP contribution >= 0.6 is 11.3 Å². The van der Waals surface area contributed by atoms with E-state index in [0.717, 1.165) is 73.1 Å². The number of nitro groups is 1. The minimum atomic E-state index is -0.330. The lowest BCUT2D eigenvalue weighted by molar-refractivity contribution is -0.380. The average Bonchev–Trinajstić information content (AvgIpc) is 3.11. The zero-order chi connectivity index (χ0) is 17.2. The number of rotatable bonds is 4. The maximum Gasteiger partial charge on any atom is 0.324 e. The fourth-order valence-corrected chi connectivity index (χ4v) is 4.16. The summed E-state index contributed by atoms with van der Waals surface area (Å²) >= 11 is 1.25. The molecule has 2 aliphatic heterocycles. The monoisotopic (exact) mass is 357 g/mol. The molecule has 0 bridgehead atoms. The summed E-state index contributed by atoms with van der Waals surface area (Å²) in [4.78, 5) is 27.6. The Kier molecular flexibility index (Phi) is 4.54. The smallest absolute Gasteiger partial charge is 0.293 e. The van der Waals surface area contributed by atoms with E-state index < -0.39 is 0 Å². The van der Waals surface area contributed by atoms with Gasteiger partial charge in [-0.3, -0.25) is 20.0 Å². The van der Waals surface area contributed by atoms with Gasteiger partial charge in [0, 0.05) is 55.3 Å². The highest BCUT2D eigenvalue weighted by Gasteiger charge is 2.21. The lowest BCUT2D eigenvalue weighted by atomic mass is 10.1. The second kappa shape index (κ2) is 6.97. The largest absolute Gasteiger partial charge is 0.324 e. The van der Waals surface area contributed by atoms with Crippen molar-refractivity contribution in [2.24, 2.45) is 4.99 Å². The highest BCUT2D eigenvalue weighted by Crippen LogP contribution is 2.27. The fraction of sp³-hybridized carbons (Fsp3) is 0.471. The molecule has 0 saturated heterocycles. The predicted molar refractivity (Wildman–Crippen MR) is 96.1 cm³/mol. The molecule has 0 atom stereocenters. The molecule has 130 valence electrons. The topological polar surface area (TPSA) is 84.5 Å². The normalized spacial score (nSPS) is 17.8. The van der Waals surface area contributed by atoms with E-state index in [4.69, 9.17) is 4.98 Å². The van der Waals surface area contributed by atoms with Crippen LogP contribution in [-0.2, 0) is 19.5 Å². The summed E-state index contributed by atoms with van der Waals surface area (Å²) in [6.45, 7) is 3.30. The van der Waals surface area contributed by atoms with E-state index in [9.17, 15) is 10.1 Å². The van der Waals surface area contributed by atoms with Crippen molar-refractivity contribution >= 4 is 22.0 Å². The van der Waals surface area contributed by atoms with Gasteiger partial charge in [0.2, 0.25) is 0 Å². The number of nitrogens with zero attached hydrogens (tertiary/aromatic N) is 5. The molecule has 2 aromatic rings. The van der Waals surface area contributed by atoms with Crippen LogP contribution < -0.4 is 0 Å². The van der Waals surface area contributed by atoms with E-state index in [1.807, 2.05) is 12.3 Å². The molecule has 0 N–H and O–H groups in total. The van der Waals surface area contributed by atoms with Crippen LogP contribution in [0.1, 0.15) is 41.2 Å². The lowest BCUT2D eigenvalue weighted by Gasteiger charge is -2.27. The van der Waals surface area contributed by atoms with Crippen LogP contribution in [0.3, 0.4) is 0 Å². The second-order valence-corrected chi connectivity index (χ2v) is 7.56. The van der Waals surface area contributed by atoms with Crippen molar-refractivity contribution in [2.75, 3.05) is 13.1 Å². The maximum atomic E-state index is 10.8. The van der Waals surface area contributed by atoms with E-state index in [1.165, 1.54) is 17.8 Å². The van der Waals surface area contributed by atoms with Crippen molar-refractivity contribution in [3.63, 3.8) is 0 Å². The summed E-state index contributed by atoms with van der Waals surface area (Å²) in [6, 6.07) is 3.43. The molecule has 4 heterocycles. The quantitative estimate of drug-likeness (QED) is 0.620. The van der Waals surface area contributed by atoms with E-state index >= 15 is 0 Å². The average molecular weight is 357 g/mol. The number of aromatic nitrogens is 2. The zero-order valence-corrected chi connectivity index (χ0v) is 14.7. The Hall–Kier alpha value is -2.19. The molecule has 7 nitrogen and oxygen atoms in total. The lowest BCUT2D eigenvalue weighted by Crippen LogP contribution is -2.31. The number of aliphatic imine (C=N–C) groups is 1. The molecule has 0 amide bonds. The van der Waals surface area contributed by atoms with Gasteiger partial charge in [0.05, 0.1) is 16.3 Å². The van der Waals surface area contributed by atoms with Crippen molar-refractivity contribution in [1.82, 2.24) is 14.9 Å². The Morgan fingerprint density at radius 3 is 2.96 bits per heavy atom. The van der Waals surface area contributed by atoms with Gasteiger partial charge in [-0.05, 0) is 25.3 Å². The third kappa shape index (κ3) is 3.59. The Morgan fingerprint density at radius 2 is 2.20 bits per heavy atom. The third-order valence-electron chi connectivity index (χ3n) is 4.60. The van der Waals surface area contributed by atoms with Gasteiger partial charge in [0.25, 0.3) is 0 Å². The highest BCUT2D eigenvalue weighted by molar-refractivity contribution is 7.15. The first-order chi connectivity index (χ1) is 12.2. The van der Waals surface area contributed by atoms with Gasteiger partial charge in [0.1, 0.15) is 0 Å². The van der Waals surface area contributed by atoms with Gasteiger partial charge < -0.3 is 0 Å². The van der Waals surface area contributed by atoms with Crippen molar-refractivity contribution in [1.29, 1.82) is 0 Å². The van der Waals surface area contributed by atoms with Crippen molar-refractivity contribution in [2.45, 2.75) is 38.8 Å². The van der Waals surface area contributed by atoms with E-state index in [2.05, 4.69) is 14.9 Å². The third-order valence-corrected chi connectivity index (χ3v) is 5.62. The molecule has 0 radical (unpaired) electrons. The molecule has 2 aliphatic rings. The molecule has 0 spiro atoms. The predicted octanol–water partition coefficient (Wildman–Crippen LogP) is 2.98. The Bertz CT molecular complexity index is 832. The molecule has 0 fully saturated rings. The molecule has 2 aromatic heterocycles. The first kappa shape index (κ1) is 16.3. The second-order valence-electron chi connectivity index (χ2n) is 6.41. The molecular weight excluding hydrogens is 338 g/mol. The summed E-state index contributed by atoms with van der Waals surface area (Å²) in [5.41, 5.74) is 3.31. The maximum absolute atomic E-state index is 10.8. The summed E-state index contributed by atoms with van der Waals surface area (Å²) < 4.78 is 0. The van der Waals surface area contributed by atoms with Gasteiger partial charge in [-0.1, -0.05) is 11.3 Å². The first-order valence-corrected chi connectivity index (χ1v) is 9.34. The molecule has 4 rings (SSSR count). The number of thiophene rings is 1. The van der Waals surface area contributed by atoms with Crippen LogP contribution in [0.25, 0.3) is 0 Å². The van der Waals surface area contributed by atoms with Crippen molar-refractivity contribution in [3.05, 3.63) is 50.4 Å². The van der Waals surface area contributed by atoms with Gasteiger partial charge in [-0.25, -0.2) is 9.97 Å². The minimum Gasteiger partial charge on any atom is -0.293 e. The Balaban J connectivity index is 1.46. The Labute approximate surface area is 149 Å². The van der Waals surface area contributed by atoms with Crippen LogP contribution in [-0.4, -0.2) is 38.6 Å². The molecule has 0 aliphatic carbocycles. The standard InChI is InChI=1S/C17H19N5O2S/c23-22(24)16-5-4-13(25-16)11-21-8-6-14-12(10-21)9-19-17(20-14)15-3-1-2-7-18-15/h4-5,9H,1-3,6-8,10-11H2. The minimum absolute atomic E-state index is 0.202. The van der Waals surface area contributed by atoms with Gasteiger partial charge in [-0.2, -0.15) is 0 Å². The summed E-state index contributed by atoms with van der Waals surface area (Å²) in [5, 5.41) is 11.0. The summed E-state index contributed by atoms with van der Waals surface area (Å²) in [6.07, 6.45) is 6.11. The molecule has 0 aromatic carbocycles. The molecule has 0 unspecified atom stereocenters.